The maximum absolute atomic E-state index is 11.8. The summed E-state index contributed by atoms with van der Waals surface area (Å²) in [7, 11) is 0. The minimum atomic E-state index is -0.296. The fraction of sp³-hybridized carbons (Fsp3) is 0.692. The van der Waals surface area contributed by atoms with Gasteiger partial charge in [-0.15, -0.1) is 0 Å². The second kappa shape index (κ2) is 6.68. The molecule has 0 radical (unpaired) electrons. The van der Waals surface area contributed by atoms with Crippen molar-refractivity contribution >= 4 is 5.91 Å². The van der Waals surface area contributed by atoms with Crippen LogP contribution in [0.4, 0.5) is 0 Å². The molecule has 1 aliphatic heterocycles. The van der Waals surface area contributed by atoms with Crippen LogP contribution >= 0.6 is 0 Å². The van der Waals surface area contributed by atoms with Crippen molar-refractivity contribution < 1.29 is 9.21 Å². The van der Waals surface area contributed by atoms with Crippen molar-refractivity contribution in [3.05, 3.63) is 17.8 Å². The van der Waals surface area contributed by atoms with E-state index in [1.807, 2.05) is 0 Å². The smallest absolute Gasteiger partial charge is 0.273 e. The summed E-state index contributed by atoms with van der Waals surface area (Å²) in [5, 5.41) is 2.85. The van der Waals surface area contributed by atoms with Crippen molar-refractivity contribution in [3.63, 3.8) is 0 Å². The van der Waals surface area contributed by atoms with Gasteiger partial charge in [0, 0.05) is 13.1 Å². The number of amides is 1. The predicted molar refractivity (Wildman–Crippen MR) is 71.7 cm³/mol. The SMILES string of the molecule is CC(N)c1nc(C(=O)NCCN2CCCCC2)co1. The Morgan fingerprint density at radius 1 is 1.53 bits per heavy atom. The van der Waals surface area contributed by atoms with Gasteiger partial charge in [0.05, 0.1) is 6.04 Å². The van der Waals surface area contributed by atoms with Crippen molar-refractivity contribution in [3.8, 4) is 0 Å². The Kier molecular flexibility index (Phi) is 4.93. The number of hydrogen-bond acceptors (Lipinski definition) is 5. The molecule has 0 aromatic carbocycles. The van der Waals surface area contributed by atoms with Crippen molar-refractivity contribution in [1.29, 1.82) is 0 Å². The van der Waals surface area contributed by atoms with Gasteiger partial charge in [0.2, 0.25) is 5.89 Å². The van der Waals surface area contributed by atoms with E-state index >= 15 is 0 Å². The monoisotopic (exact) mass is 266 g/mol. The Hall–Kier alpha value is -1.40. The molecule has 19 heavy (non-hydrogen) atoms. The molecule has 3 N–H and O–H groups in total. The molecule has 1 aromatic rings. The molecule has 0 spiro atoms. The van der Waals surface area contributed by atoms with Gasteiger partial charge in [-0.1, -0.05) is 6.42 Å². The van der Waals surface area contributed by atoms with Crippen LogP contribution < -0.4 is 11.1 Å². The van der Waals surface area contributed by atoms with Crippen LogP contribution in [0.25, 0.3) is 0 Å². The minimum absolute atomic E-state index is 0.201. The lowest BCUT2D eigenvalue weighted by molar-refractivity contribution is 0.0941. The van der Waals surface area contributed by atoms with E-state index < -0.39 is 0 Å². The van der Waals surface area contributed by atoms with Crippen molar-refractivity contribution in [2.24, 2.45) is 5.73 Å². The summed E-state index contributed by atoms with van der Waals surface area (Å²) in [6.07, 6.45) is 5.20. The summed E-state index contributed by atoms with van der Waals surface area (Å²) in [4.78, 5) is 18.3. The largest absolute Gasteiger partial charge is 0.446 e. The third-order valence-corrected chi connectivity index (χ3v) is 3.31. The number of nitrogens with one attached hydrogen (secondary N) is 1. The molecule has 0 aliphatic carbocycles. The first-order valence-corrected chi connectivity index (χ1v) is 6.88. The molecule has 6 heteroatoms. The molecule has 2 heterocycles. The van der Waals surface area contributed by atoms with Crippen LogP contribution in [-0.2, 0) is 0 Å². The highest BCUT2D eigenvalue weighted by Crippen LogP contribution is 2.09. The standard InChI is InChI=1S/C13H22N4O2/c1-10(14)13-16-11(9-19-13)12(18)15-5-8-17-6-3-2-4-7-17/h9-10H,2-8,14H2,1H3,(H,15,18). The molecule has 1 saturated heterocycles. The summed E-state index contributed by atoms with van der Waals surface area (Å²) in [5.41, 5.74) is 5.93. The number of carbonyl (C=O) groups excluding carboxylic acids is 1. The first kappa shape index (κ1) is 14.0. The van der Waals surface area contributed by atoms with Gasteiger partial charge < -0.3 is 20.4 Å². The van der Waals surface area contributed by atoms with Gasteiger partial charge in [0.1, 0.15) is 6.26 Å². The fourth-order valence-corrected chi connectivity index (χ4v) is 2.20. The van der Waals surface area contributed by atoms with E-state index in [2.05, 4.69) is 15.2 Å². The molecule has 6 nitrogen and oxygen atoms in total. The second-order valence-electron chi connectivity index (χ2n) is 5.02. The van der Waals surface area contributed by atoms with Gasteiger partial charge in [0.15, 0.2) is 5.69 Å². The van der Waals surface area contributed by atoms with Crippen LogP contribution in [0.15, 0.2) is 10.7 Å². The quantitative estimate of drug-likeness (QED) is 0.827. The average molecular weight is 266 g/mol. The number of nitrogens with two attached hydrogens (primary N) is 1. The Morgan fingerprint density at radius 2 is 2.26 bits per heavy atom. The highest BCUT2D eigenvalue weighted by Gasteiger charge is 2.15. The molecule has 1 aromatic heterocycles. The summed E-state index contributed by atoms with van der Waals surface area (Å²) in [6, 6.07) is -0.296. The zero-order valence-electron chi connectivity index (χ0n) is 11.4. The van der Waals surface area contributed by atoms with E-state index in [9.17, 15) is 4.79 Å². The number of oxazole rings is 1. The zero-order valence-corrected chi connectivity index (χ0v) is 11.4. The van der Waals surface area contributed by atoms with E-state index in [0.717, 1.165) is 19.6 Å². The van der Waals surface area contributed by atoms with Crippen LogP contribution in [0.5, 0.6) is 0 Å². The van der Waals surface area contributed by atoms with Gasteiger partial charge in [-0.3, -0.25) is 4.79 Å². The van der Waals surface area contributed by atoms with E-state index in [4.69, 9.17) is 10.2 Å². The van der Waals surface area contributed by atoms with E-state index in [1.165, 1.54) is 25.5 Å². The Balaban J connectivity index is 1.74. The fourth-order valence-electron chi connectivity index (χ4n) is 2.20. The van der Waals surface area contributed by atoms with Gasteiger partial charge in [-0.25, -0.2) is 4.98 Å². The van der Waals surface area contributed by atoms with E-state index in [-0.39, 0.29) is 11.9 Å². The van der Waals surface area contributed by atoms with Crippen molar-refractivity contribution in [1.82, 2.24) is 15.2 Å². The molecular weight excluding hydrogens is 244 g/mol. The normalized spacial score (nSPS) is 18.2. The summed E-state index contributed by atoms with van der Waals surface area (Å²) >= 11 is 0. The number of rotatable bonds is 5. The number of aromatic nitrogens is 1. The molecule has 0 saturated carbocycles. The van der Waals surface area contributed by atoms with E-state index in [1.54, 1.807) is 6.92 Å². The second-order valence-corrected chi connectivity index (χ2v) is 5.02. The first-order valence-electron chi connectivity index (χ1n) is 6.88. The maximum atomic E-state index is 11.8. The van der Waals surface area contributed by atoms with Gasteiger partial charge in [-0.05, 0) is 32.9 Å². The summed E-state index contributed by atoms with van der Waals surface area (Å²) in [6.45, 7) is 5.57. The topological polar surface area (TPSA) is 84.4 Å². The van der Waals surface area contributed by atoms with Crippen LogP contribution in [0, 0.1) is 0 Å². The first-order chi connectivity index (χ1) is 9.16. The third-order valence-electron chi connectivity index (χ3n) is 3.31. The van der Waals surface area contributed by atoms with Crippen LogP contribution in [0.1, 0.15) is 48.6 Å². The molecule has 106 valence electrons. The molecule has 1 amide bonds. The molecule has 1 aliphatic rings. The van der Waals surface area contributed by atoms with Gasteiger partial charge >= 0.3 is 0 Å². The van der Waals surface area contributed by atoms with Gasteiger partial charge in [0.25, 0.3) is 5.91 Å². The van der Waals surface area contributed by atoms with Crippen molar-refractivity contribution in [2.45, 2.75) is 32.2 Å². The predicted octanol–water partition coefficient (Wildman–Crippen LogP) is 0.910. The summed E-state index contributed by atoms with van der Waals surface area (Å²) in [5.74, 6) is 0.189. The number of piperidine rings is 1. The average Bonchev–Trinajstić information content (AvgIpc) is 2.89. The highest BCUT2D eigenvalue weighted by molar-refractivity contribution is 5.91. The lowest BCUT2D eigenvalue weighted by atomic mass is 10.1. The third kappa shape index (κ3) is 4.04. The number of hydrogen-bond donors (Lipinski definition) is 2. The van der Waals surface area contributed by atoms with Crippen LogP contribution in [-0.4, -0.2) is 42.0 Å². The molecule has 2 rings (SSSR count). The molecular formula is C13H22N4O2. The molecule has 1 unspecified atom stereocenters. The van der Waals surface area contributed by atoms with Gasteiger partial charge in [-0.2, -0.15) is 0 Å². The number of nitrogens with zero attached hydrogens (tertiary/aromatic N) is 2. The highest BCUT2D eigenvalue weighted by atomic mass is 16.3. The molecule has 1 fully saturated rings. The molecule has 1 atom stereocenters. The summed E-state index contributed by atoms with van der Waals surface area (Å²) < 4.78 is 5.14. The van der Waals surface area contributed by atoms with Crippen LogP contribution in [0.3, 0.4) is 0 Å². The maximum Gasteiger partial charge on any atom is 0.273 e. The Morgan fingerprint density at radius 3 is 2.89 bits per heavy atom. The lowest BCUT2D eigenvalue weighted by Gasteiger charge is -2.26. The Labute approximate surface area is 113 Å². The number of likely N-dealkylation sites (tertiary alicyclic amines) is 1. The Bertz CT molecular complexity index is 411. The van der Waals surface area contributed by atoms with E-state index in [0.29, 0.717) is 18.1 Å². The van der Waals surface area contributed by atoms with Crippen LogP contribution in [0.2, 0.25) is 0 Å². The number of carbonyl (C=O) groups is 1. The lowest BCUT2D eigenvalue weighted by Crippen LogP contribution is -2.37. The molecule has 0 bridgehead atoms. The minimum Gasteiger partial charge on any atom is -0.446 e. The van der Waals surface area contributed by atoms with Crippen molar-refractivity contribution in [2.75, 3.05) is 26.2 Å². The zero-order chi connectivity index (χ0) is 13.7.